The number of carbonyl (C=O) groups is 4. The SMILES string of the molecule is O=C(O)CC[C@H](NC(=O)NCCc1ccc(OC(=O)c2ccccc2F)cc1)C(=O)O.O=C=O. The van der Waals surface area contributed by atoms with Crippen LogP contribution in [0.1, 0.15) is 28.8 Å². The summed E-state index contributed by atoms with van der Waals surface area (Å²) in [4.78, 5) is 61.7. The Hall–Kier alpha value is -4.57. The fraction of sp³-hybridized carbons (Fsp3) is 0.227. The van der Waals surface area contributed by atoms with E-state index in [1.165, 1.54) is 30.3 Å². The van der Waals surface area contributed by atoms with Crippen molar-refractivity contribution in [1.82, 2.24) is 10.6 Å². The molecule has 12 heteroatoms. The van der Waals surface area contributed by atoms with E-state index in [2.05, 4.69) is 10.6 Å². The Labute approximate surface area is 192 Å². The van der Waals surface area contributed by atoms with Crippen molar-refractivity contribution in [1.29, 1.82) is 0 Å². The zero-order valence-corrected chi connectivity index (χ0v) is 17.7. The third-order valence-electron chi connectivity index (χ3n) is 4.18. The summed E-state index contributed by atoms with van der Waals surface area (Å²) in [5.74, 6) is -3.75. The highest BCUT2D eigenvalue weighted by atomic mass is 19.1. The van der Waals surface area contributed by atoms with E-state index in [1.54, 1.807) is 12.1 Å². The van der Waals surface area contributed by atoms with Crippen LogP contribution in [0.2, 0.25) is 0 Å². The first-order valence-electron chi connectivity index (χ1n) is 9.71. The fourth-order valence-corrected chi connectivity index (χ4v) is 2.57. The van der Waals surface area contributed by atoms with Gasteiger partial charge in [-0.2, -0.15) is 9.59 Å². The minimum absolute atomic E-state index is 0.176. The standard InChI is InChI=1S/C21H21FN2O7.CO2/c22-16-4-2-1-3-15(16)20(29)31-14-7-5-13(6-8-14)11-12-23-21(30)24-17(19(27)28)9-10-18(25)26;2-1-3/h1-8,17H,9-12H2,(H,25,26)(H,27,28)(H2,23,24,30);/t17-;/m0./s1. The third kappa shape index (κ3) is 10.2. The van der Waals surface area contributed by atoms with E-state index in [0.29, 0.717) is 6.42 Å². The van der Waals surface area contributed by atoms with Gasteiger partial charge in [0, 0.05) is 13.0 Å². The summed E-state index contributed by atoms with van der Waals surface area (Å²) in [5, 5.41) is 22.3. The third-order valence-corrected chi connectivity index (χ3v) is 4.18. The zero-order valence-electron chi connectivity index (χ0n) is 17.7. The molecular formula is C22H21FN2O9. The Kier molecular flexibility index (Phi) is 11.7. The number of carbonyl (C=O) groups excluding carboxylic acids is 4. The van der Waals surface area contributed by atoms with Crippen LogP contribution in [0.5, 0.6) is 5.75 Å². The van der Waals surface area contributed by atoms with E-state index >= 15 is 0 Å². The normalized spacial score (nSPS) is 10.5. The molecule has 0 heterocycles. The molecule has 0 aliphatic carbocycles. The van der Waals surface area contributed by atoms with Crippen LogP contribution < -0.4 is 15.4 Å². The number of benzene rings is 2. The summed E-state index contributed by atoms with van der Waals surface area (Å²) < 4.78 is 18.7. The van der Waals surface area contributed by atoms with E-state index in [9.17, 15) is 23.6 Å². The van der Waals surface area contributed by atoms with Gasteiger partial charge in [0.05, 0.1) is 5.56 Å². The number of rotatable bonds is 10. The van der Waals surface area contributed by atoms with E-state index in [1.807, 2.05) is 0 Å². The maximum atomic E-state index is 13.6. The van der Waals surface area contributed by atoms with Gasteiger partial charge >= 0.3 is 30.1 Å². The molecular weight excluding hydrogens is 455 g/mol. The lowest BCUT2D eigenvalue weighted by atomic mass is 10.1. The molecule has 0 aliphatic rings. The molecule has 1 atom stereocenters. The van der Waals surface area contributed by atoms with Crippen molar-refractivity contribution in [3.63, 3.8) is 0 Å². The number of nitrogens with one attached hydrogen (secondary N) is 2. The number of carboxylic acid groups (broad SMARTS) is 2. The van der Waals surface area contributed by atoms with Crippen molar-refractivity contribution < 1.29 is 48.1 Å². The first-order valence-corrected chi connectivity index (χ1v) is 9.71. The zero-order chi connectivity index (χ0) is 25.5. The molecule has 0 spiro atoms. The number of aliphatic carboxylic acids is 2. The number of esters is 1. The van der Waals surface area contributed by atoms with Crippen LogP contribution in [0, 0.1) is 5.82 Å². The molecule has 34 heavy (non-hydrogen) atoms. The van der Waals surface area contributed by atoms with Crippen LogP contribution in [0.15, 0.2) is 48.5 Å². The number of halogens is 1. The molecule has 4 N–H and O–H groups in total. The largest absolute Gasteiger partial charge is 0.481 e. The van der Waals surface area contributed by atoms with Crippen LogP contribution >= 0.6 is 0 Å². The summed E-state index contributed by atoms with van der Waals surface area (Å²) >= 11 is 0. The van der Waals surface area contributed by atoms with Gasteiger partial charge in [-0.3, -0.25) is 4.79 Å². The molecule has 0 saturated heterocycles. The van der Waals surface area contributed by atoms with Crippen LogP contribution in [-0.2, 0) is 25.6 Å². The van der Waals surface area contributed by atoms with Crippen molar-refractivity contribution >= 4 is 30.1 Å². The van der Waals surface area contributed by atoms with Gasteiger partial charge < -0.3 is 25.6 Å². The molecule has 0 unspecified atom stereocenters. The molecule has 0 fully saturated rings. The molecule has 180 valence electrons. The number of hydrogen-bond acceptors (Lipinski definition) is 7. The van der Waals surface area contributed by atoms with Crippen molar-refractivity contribution in [3.8, 4) is 5.75 Å². The number of ether oxygens (including phenoxy) is 1. The molecule has 0 radical (unpaired) electrons. The smallest absolute Gasteiger partial charge is 0.373 e. The highest BCUT2D eigenvalue weighted by Crippen LogP contribution is 2.16. The van der Waals surface area contributed by atoms with Gasteiger partial charge in [0.15, 0.2) is 0 Å². The van der Waals surface area contributed by atoms with Gasteiger partial charge in [-0.05, 0) is 42.7 Å². The maximum Gasteiger partial charge on any atom is 0.373 e. The van der Waals surface area contributed by atoms with E-state index in [-0.39, 0.29) is 36.9 Å². The van der Waals surface area contributed by atoms with Crippen LogP contribution in [0.4, 0.5) is 9.18 Å². The van der Waals surface area contributed by atoms with Crippen molar-refractivity contribution in [2.24, 2.45) is 0 Å². The van der Waals surface area contributed by atoms with Gasteiger partial charge in [-0.1, -0.05) is 24.3 Å². The van der Waals surface area contributed by atoms with Crippen molar-refractivity contribution in [3.05, 3.63) is 65.5 Å². The van der Waals surface area contributed by atoms with E-state index in [4.69, 9.17) is 24.5 Å². The fourth-order valence-electron chi connectivity index (χ4n) is 2.57. The first-order chi connectivity index (χ1) is 16.2. The van der Waals surface area contributed by atoms with E-state index < -0.39 is 35.8 Å². The minimum atomic E-state index is -1.32. The lowest BCUT2D eigenvalue weighted by molar-refractivity contribution is -0.191. The topological polar surface area (TPSA) is 176 Å². The number of carboxylic acids is 2. The minimum Gasteiger partial charge on any atom is -0.481 e. The lowest BCUT2D eigenvalue weighted by Gasteiger charge is -2.14. The van der Waals surface area contributed by atoms with Crippen molar-refractivity contribution in [2.75, 3.05) is 6.54 Å². The Morgan fingerprint density at radius 2 is 1.62 bits per heavy atom. The number of hydrogen-bond donors (Lipinski definition) is 4. The summed E-state index contributed by atoms with van der Waals surface area (Å²) in [6.45, 7) is 0.186. The molecule has 11 nitrogen and oxygen atoms in total. The Morgan fingerprint density at radius 3 is 2.18 bits per heavy atom. The average molecular weight is 476 g/mol. The molecule has 2 rings (SSSR count). The van der Waals surface area contributed by atoms with Crippen LogP contribution in [0.25, 0.3) is 0 Å². The second-order valence-electron chi connectivity index (χ2n) is 6.57. The molecule has 0 bridgehead atoms. The summed E-state index contributed by atoms with van der Waals surface area (Å²) in [5.41, 5.74) is 0.622. The molecule has 2 amide bonds. The van der Waals surface area contributed by atoms with Gasteiger partial charge in [0.1, 0.15) is 17.6 Å². The van der Waals surface area contributed by atoms with Crippen LogP contribution in [-0.4, -0.2) is 52.9 Å². The highest BCUT2D eigenvalue weighted by Gasteiger charge is 2.20. The Morgan fingerprint density at radius 1 is 1.00 bits per heavy atom. The maximum absolute atomic E-state index is 13.6. The predicted molar refractivity (Wildman–Crippen MR) is 111 cm³/mol. The lowest BCUT2D eigenvalue weighted by Crippen LogP contribution is -2.46. The molecule has 0 aromatic heterocycles. The number of urea groups is 1. The predicted octanol–water partition coefficient (Wildman–Crippen LogP) is 1.62. The first kappa shape index (κ1) is 27.5. The van der Waals surface area contributed by atoms with Gasteiger partial charge in [-0.25, -0.2) is 18.8 Å². The second-order valence-corrected chi connectivity index (χ2v) is 6.57. The second kappa shape index (κ2) is 14.5. The van der Waals surface area contributed by atoms with Crippen LogP contribution in [0.3, 0.4) is 0 Å². The number of amides is 2. The van der Waals surface area contributed by atoms with Gasteiger partial charge in [0.25, 0.3) is 0 Å². The molecule has 2 aromatic rings. The molecule has 0 aliphatic heterocycles. The monoisotopic (exact) mass is 476 g/mol. The molecule has 0 saturated carbocycles. The highest BCUT2D eigenvalue weighted by molar-refractivity contribution is 5.91. The van der Waals surface area contributed by atoms with E-state index in [0.717, 1.165) is 11.6 Å². The summed E-state index contributed by atoms with van der Waals surface area (Å²) in [7, 11) is 0. The summed E-state index contributed by atoms with van der Waals surface area (Å²) in [6.07, 6.45) is 0.0397. The van der Waals surface area contributed by atoms with Gasteiger partial charge in [-0.15, -0.1) is 0 Å². The quantitative estimate of drug-likeness (QED) is 0.293. The van der Waals surface area contributed by atoms with Gasteiger partial charge in [0.2, 0.25) is 0 Å². The molecule has 2 aromatic carbocycles. The Balaban J connectivity index is 0.00000182. The van der Waals surface area contributed by atoms with Crippen molar-refractivity contribution in [2.45, 2.75) is 25.3 Å². The average Bonchev–Trinajstić information content (AvgIpc) is 2.78. The Bertz CT molecular complexity index is 1030. The summed E-state index contributed by atoms with van der Waals surface area (Å²) in [6, 6.07) is 9.82.